The van der Waals surface area contributed by atoms with Crippen molar-refractivity contribution in [2.75, 3.05) is 0 Å². The molecule has 0 aliphatic heterocycles. The van der Waals surface area contributed by atoms with Crippen LogP contribution in [-0.4, -0.2) is 31.8 Å². The predicted octanol–water partition coefficient (Wildman–Crippen LogP) is 8.38. The highest BCUT2D eigenvalue weighted by atomic mass is 32.1. The number of hydrogen-bond donors (Lipinski definition) is 0. The van der Waals surface area contributed by atoms with E-state index in [0.29, 0.717) is 29.2 Å². The Balaban J connectivity index is 1.21. The highest BCUT2D eigenvalue weighted by molar-refractivity contribution is 7.80. The number of alkyl halides is 3. The number of carbonyl (C=O) groups excluding carboxylic acids is 1. The maximum atomic E-state index is 13.6. The first-order valence-electron chi connectivity index (χ1n) is 13.7. The minimum absolute atomic E-state index is 0.118. The minimum atomic E-state index is -4.75. The van der Waals surface area contributed by atoms with Gasteiger partial charge in [-0.05, 0) is 78.3 Å². The second-order valence-corrected chi connectivity index (χ2v) is 11.0. The summed E-state index contributed by atoms with van der Waals surface area (Å²) in [7, 11) is 0. The first-order valence-corrected chi connectivity index (χ1v) is 14.1. The molecule has 220 valence electrons. The third-order valence-corrected chi connectivity index (χ3v) is 7.01. The molecule has 0 amide bonds. The summed E-state index contributed by atoms with van der Waals surface area (Å²) in [5.74, 6) is 0.204. The number of Topliss-reactive ketones (excluding diaryl/α,β-unsaturated/α-hetero) is 1. The molecule has 0 aliphatic rings. The summed E-state index contributed by atoms with van der Waals surface area (Å²) in [5, 5.41) is 4.42. The van der Waals surface area contributed by atoms with Crippen LogP contribution in [0.2, 0.25) is 0 Å². The number of ether oxygens (including phenoxy) is 1. The van der Waals surface area contributed by atoms with Crippen LogP contribution in [0.1, 0.15) is 62.1 Å². The molecule has 4 aromatic rings. The van der Waals surface area contributed by atoms with Crippen molar-refractivity contribution in [3.8, 4) is 22.8 Å². The number of rotatable bonds is 13. The lowest BCUT2D eigenvalue weighted by atomic mass is 9.93. The van der Waals surface area contributed by atoms with Crippen molar-refractivity contribution in [1.29, 1.82) is 0 Å². The van der Waals surface area contributed by atoms with E-state index in [1.54, 1.807) is 12.1 Å². The van der Waals surface area contributed by atoms with E-state index in [2.05, 4.69) is 14.8 Å². The van der Waals surface area contributed by atoms with Crippen molar-refractivity contribution in [3.05, 3.63) is 95.6 Å². The molecule has 0 radical (unpaired) electrons. The van der Waals surface area contributed by atoms with E-state index in [1.165, 1.54) is 41.3 Å². The number of aryl methyl sites for hydroxylation is 1. The van der Waals surface area contributed by atoms with Crippen LogP contribution >= 0.6 is 12.2 Å². The highest BCUT2D eigenvalue weighted by Gasteiger charge is 2.31. The summed E-state index contributed by atoms with van der Waals surface area (Å²) in [6, 6.07) is 17.9. The summed E-state index contributed by atoms with van der Waals surface area (Å²) in [6.07, 6.45) is 0.397. The molecule has 0 atom stereocenters. The van der Waals surface area contributed by atoms with E-state index in [-0.39, 0.29) is 29.7 Å². The minimum Gasteiger partial charge on any atom is -0.406 e. The van der Waals surface area contributed by atoms with Gasteiger partial charge >= 0.3 is 6.36 Å². The van der Waals surface area contributed by atoms with Gasteiger partial charge in [0.05, 0.1) is 5.69 Å². The van der Waals surface area contributed by atoms with Gasteiger partial charge in [0, 0.05) is 29.7 Å². The molecule has 1 heterocycles. The van der Waals surface area contributed by atoms with Crippen molar-refractivity contribution in [3.63, 3.8) is 0 Å². The van der Waals surface area contributed by atoms with E-state index in [1.807, 2.05) is 38.1 Å². The fourth-order valence-electron chi connectivity index (χ4n) is 4.64. The number of nitrogens with zero attached hydrogens (tertiary/aromatic N) is 3. The van der Waals surface area contributed by atoms with Crippen LogP contribution in [0.3, 0.4) is 0 Å². The average molecular weight is 598 g/mol. The number of halogens is 4. The van der Waals surface area contributed by atoms with Gasteiger partial charge in [-0.25, -0.2) is 14.1 Å². The van der Waals surface area contributed by atoms with E-state index in [9.17, 15) is 22.4 Å². The van der Waals surface area contributed by atoms with E-state index in [4.69, 9.17) is 12.2 Å². The first kappa shape index (κ1) is 31.0. The van der Waals surface area contributed by atoms with Crippen LogP contribution < -0.4 is 4.74 Å². The Bertz CT molecular complexity index is 1510. The van der Waals surface area contributed by atoms with Crippen molar-refractivity contribution >= 4 is 22.9 Å². The lowest BCUT2D eigenvalue weighted by Crippen LogP contribution is -2.17. The Labute approximate surface area is 247 Å². The second-order valence-electron chi connectivity index (χ2n) is 10.4. The van der Waals surface area contributed by atoms with Crippen molar-refractivity contribution in [2.24, 2.45) is 0 Å². The Morgan fingerprint density at radius 1 is 1.00 bits per heavy atom. The zero-order chi connectivity index (χ0) is 30.3. The largest absolute Gasteiger partial charge is 0.573 e. The Kier molecular flexibility index (Phi) is 10.2. The summed E-state index contributed by atoms with van der Waals surface area (Å²) in [6.45, 7) is 4.02. The molecular formula is C32H31F4N3O2S. The number of benzene rings is 3. The normalized spacial score (nSPS) is 11.6. The SMILES string of the molecule is CC(C)c1cc(F)ccc1CC(=S)CC(=O)CCCCc1ccc(-c2ncn(-c3ccc(OC(F)(F)F)cc3)n2)cc1. The fourth-order valence-corrected chi connectivity index (χ4v) is 4.96. The van der Waals surface area contributed by atoms with Gasteiger partial charge in [0.2, 0.25) is 0 Å². The van der Waals surface area contributed by atoms with Gasteiger partial charge in [0.15, 0.2) is 5.82 Å². The van der Waals surface area contributed by atoms with Gasteiger partial charge in [-0.15, -0.1) is 18.3 Å². The molecule has 0 spiro atoms. The molecule has 0 unspecified atom stereocenters. The van der Waals surface area contributed by atoms with Gasteiger partial charge in [-0.2, -0.15) is 0 Å². The fraction of sp³-hybridized carbons (Fsp3) is 0.312. The van der Waals surface area contributed by atoms with Crippen molar-refractivity contribution in [2.45, 2.75) is 64.7 Å². The maximum absolute atomic E-state index is 13.6. The monoisotopic (exact) mass is 597 g/mol. The van der Waals surface area contributed by atoms with E-state index in [0.717, 1.165) is 41.5 Å². The maximum Gasteiger partial charge on any atom is 0.573 e. The Morgan fingerprint density at radius 2 is 1.71 bits per heavy atom. The first-order chi connectivity index (χ1) is 20.0. The third-order valence-electron chi connectivity index (χ3n) is 6.72. The topological polar surface area (TPSA) is 57.0 Å². The van der Waals surface area contributed by atoms with Gasteiger partial charge in [0.1, 0.15) is 23.7 Å². The smallest absolute Gasteiger partial charge is 0.406 e. The summed E-state index contributed by atoms with van der Waals surface area (Å²) < 4.78 is 56.1. The molecule has 0 bridgehead atoms. The molecule has 4 rings (SSSR count). The van der Waals surface area contributed by atoms with Crippen LogP contribution in [0, 0.1) is 5.82 Å². The zero-order valence-electron chi connectivity index (χ0n) is 23.3. The molecule has 0 saturated heterocycles. The summed E-state index contributed by atoms with van der Waals surface area (Å²) in [4.78, 5) is 17.5. The van der Waals surface area contributed by atoms with Crippen molar-refractivity contribution in [1.82, 2.24) is 14.8 Å². The highest BCUT2D eigenvalue weighted by Crippen LogP contribution is 2.25. The van der Waals surface area contributed by atoms with E-state index >= 15 is 0 Å². The number of aromatic nitrogens is 3. The Hall–Kier alpha value is -3.92. The molecule has 0 N–H and O–H groups in total. The standard InChI is InChI=1S/C32H31F4N3O2S/c1-21(2)30-18-25(33)12-11-24(30)17-29(42)19-27(40)6-4-3-5-22-7-9-23(10-8-22)31-37-20-39(38-31)26-13-15-28(16-14-26)41-32(34,35)36/h7-16,18,20-21H,3-6,17,19H2,1-2H3. The van der Waals surface area contributed by atoms with Gasteiger partial charge in [-0.1, -0.05) is 56.4 Å². The molecular weight excluding hydrogens is 566 g/mol. The zero-order valence-corrected chi connectivity index (χ0v) is 24.1. The Morgan fingerprint density at radius 3 is 2.38 bits per heavy atom. The number of carbonyl (C=O) groups is 1. The number of hydrogen-bond acceptors (Lipinski definition) is 5. The van der Waals surface area contributed by atoms with Gasteiger partial charge in [0.25, 0.3) is 0 Å². The summed E-state index contributed by atoms with van der Waals surface area (Å²) in [5.41, 5.74) is 4.38. The van der Waals surface area contributed by atoms with Gasteiger partial charge < -0.3 is 4.74 Å². The second kappa shape index (κ2) is 13.8. The molecule has 42 heavy (non-hydrogen) atoms. The molecule has 3 aromatic carbocycles. The molecule has 10 heteroatoms. The van der Waals surface area contributed by atoms with Crippen LogP contribution in [0.4, 0.5) is 17.6 Å². The molecule has 1 aromatic heterocycles. The lowest BCUT2D eigenvalue weighted by Gasteiger charge is -2.13. The predicted molar refractivity (Wildman–Crippen MR) is 157 cm³/mol. The summed E-state index contributed by atoms with van der Waals surface area (Å²) >= 11 is 5.48. The molecule has 0 aliphatic carbocycles. The van der Waals surface area contributed by atoms with Crippen LogP contribution in [-0.2, 0) is 17.6 Å². The van der Waals surface area contributed by atoms with Gasteiger partial charge in [-0.3, -0.25) is 4.79 Å². The average Bonchev–Trinajstić information content (AvgIpc) is 3.42. The molecule has 0 fully saturated rings. The number of thiocarbonyl (C=S) groups is 1. The third kappa shape index (κ3) is 9.04. The lowest BCUT2D eigenvalue weighted by molar-refractivity contribution is -0.274. The van der Waals surface area contributed by atoms with Crippen molar-refractivity contribution < 1.29 is 27.1 Å². The quantitative estimate of drug-likeness (QED) is 0.0880. The number of ketones is 1. The molecule has 5 nitrogen and oxygen atoms in total. The van der Waals surface area contributed by atoms with Crippen LogP contribution in [0.25, 0.3) is 17.1 Å². The molecule has 0 saturated carbocycles. The van der Waals surface area contributed by atoms with E-state index < -0.39 is 6.36 Å². The van der Waals surface area contributed by atoms with Crippen LogP contribution in [0.5, 0.6) is 5.75 Å². The van der Waals surface area contributed by atoms with Crippen LogP contribution in [0.15, 0.2) is 73.1 Å². The number of unbranched alkanes of at least 4 members (excludes halogenated alkanes) is 1.